The third kappa shape index (κ3) is 2.76. The Bertz CT molecular complexity index is 632. The molecule has 0 saturated carbocycles. The van der Waals surface area contributed by atoms with Gasteiger partial charge in [-0.1, -0.05) is 29.3 Å². The molecule has 0 bridgehead atoms. The molecule has 2 nitrogen and oxygen atoms in total. The predicted octanol–water partition coefficient (Wildman–Crippen LogP) is 4.97. The molecule has 0 aliphatic carbocycles. The molecule has 0 heterocycles. The van der Waals surface area contributed by atoms with Gasteiger partial charge in [0.05, 0.1) is 15.6 Å². The standard InChI is InChI=1S/C14H9Cl2NO/c1-9-2-3-10(8-17)14(6-9)18-11-4-5-12(15)13(16)7-11/h2-7H,1H3. The highest BCUT2D eigenvalue weighted by atomic mass is 35.5. The van der Waals surface area contributed by atoms with Gasteiger partial charge in [-0.2, -0.15) is 5.26 Å². The molecule has 0 aromatic heterocycles. The fraction of sp³-hybridized carbons (Fsp3) is 0.0714. The zero-order valence-corrected chi connectivity index (χ0v) is 11.1. The van der Waals surface area contributed by atoms with Gasteiger partial charge in [0, 0.05) is 6.07 Å². The van der Waals surface area contributed by atoms with E-state index in [0.29, 0.717) is 27.1 Å². The fourth-order valence-electron chi connectivity index (χ4n) is 1.47. The Morgan fingerprint density at radius 3 is 2.50 bits per heavy atom. The Hall–Kier alpha value is -1.69. The number of benzene rings is 2. The van der Waals surface area contributed by atoms with E-state index in [2.05, 4.69) is 6.07 Å². The van der Waals surface area contributed by atoms with E-state index in [1.807, 2.05) is 13.0 Å². The zero-order chi connectivity index (χ0) is 13.1. The SMILES string of the molecule is Cc1ccc(C#N)c(Oc2ccc(Cl)c(Cl)c2)c1. The number of aryl methyl sites for hydroxylation is 1. The van der Waals surface area contributed by atoms with Gasteiger partial charge >= 0.3 is 0 Å². The van der Waals surface area contributed by atoms with Crippen LogP contribution in [0.5, 0.6) is 11.5 Å². The van der Waals surface area contributed by atoms with Crippen molar-refractivity contribution >= 4 is 23.2 Å². The van der Waals surface area contributed by atoms with Crippen molar-refractivity contribution in [1.82, 2.24) is 0 Å². The van der Waals surface area contributed by atoms with Gasteiger partial charge in [-0.15, -0.1) is 0 Å². The third-order valence-electron chi connectivity index (χ3n) is 2.38. The second kappa shape index (κ2) is 5.30. The number of halogens is 2. The van der Waals surface area contributed by atoms with E-state index in [-0.39, 0.29) is 0 Å². The molecule has 0 spiro atoms. The van der Waals surface area contributed by atoms with E-state index in [4.69, 9.17) is 33.2 Å². The maximum atomic E-state index is 9.01. The number of nitrogens with zero attached hydrogens (tertiary/aromatic N) is 1. The maximum Gasteiger partial charge on any atom is 0.145 e. The summed E-state index contributed by atoms with van der Waals surface area (Å²) in [7, 11) is 0. The first-order valence-corrected chi connectivity index (χ1v) is 5.99. The summed E-state index contributed by atoms with van der Waals surface area (Å²) in [6.45, 7) is 1.93. The molecule has 4 heteroatoms. The van der Waals surface area contributed by atoms with Crippen LogP contribution in [0.1, 0.15) is 11.1 Å². The highest BCUT2D eigenvalue weighted by Gasteiger charge is 2.06. The first kappa shape index (κ1) is 12.8. The van der Waals surface area contributed by atoms with Gasteiger partial charge in [0.15, 0.2) is 0 Å². The van der Waals surface area contributed by atoms with Crippen molar-refractivity contribution < 1.29 is 4.74 Å². The third-order valence-corrected chi connectivity index (χ3v) is 3.12. The Morgan fingerprint density at radius 2 is 1.83 bits per heavy atom. The smallest absolute Gasteiger partial charge is 0.145 e. The lowest BCUT2D eigenvalue weighted by Gasteiger charge is -2.09. The van der Waals surface area contributed by atoms with Crippen molar-refractivity contribution in [2.75, 3.05) is 0 Å². The van der Waals surface area contributed by atoms with E-state index >= 15 is 0 Å². The van der Waals surface area contributed by atoms with Crippen LogP contribution in [0.3, 0.4) is 0 Å². The van der Waals surface area contributed by atoms with Gasteiger partial charge in [0.2, 0.25) is 0 Å². The Labute approximate surface area is 115 Å². The summed E-state index contributed by atoms with van der Waals surface area (Å²) in [5, 5.41) is 9.89. The zero-order valence-electron chi connectivity index (χ0n) is 9.58. The van der Waals surface area contributed by atoms with Crippen LogP contribution < -0.4 is 4.74 Å². The molecule has 0 aliphatic rings. The van der Waals surface area contributed by atoms with Gasteiger partial charge in [-0.05, 0) is 36.8 Å². The highest BCUT2D eigenvalue weighted by molar-refractivity contribution is 6.42. The largest absolute Gasteiger partial charge is 0.456 e. The second-order valence-corrected chi connectivity index (χ2v) is 4.60. The topological polar surface area (TPSA) is 33.0 Å². The summed E-state index contributed by atoms with van der Waals surface area (Å²) >= 11 is 11.7. The molecule has 90 valence electrons. The van der Waals surface area contributed by atoms with Crippen LogP contribution in [0.2, 0.25) is 10.0 Å². The summed E-state index contributed by atoms with van der Waals surface area (Å²) in [6, 6.07) is 12.5. The van der Waals surface area contributed by atoms with Crippen LogP contribution in [-0.4, -0.2) is 0 Å². The van der Waals surface area contributed by atoms with E-state index in [0.717, 1.165) is 5.56 Å². The quantitative estimate of drug-likeness (QED) is 0.777. The molecular formula is C14H9Cl2NO. The van der Waals surface area contributed by atoms with Gasteiger partial charge in [0.25, 0.3) is 0 Å². The van der Waals surface area contributed by atoms with E-state index < -0.39 is 0 Å². The maximum absolute atomic E-state index is 9.01. The minimum atomic E-state index is 0.417. The Kier molecular flexibility index (Phi) is 3.76. The Balaban J connectivity index is 2.36. The van der Waals surface area contributed by atoms with E-state index in [1.165, 1.54) is 0 Å². The van der Waals surface area contributed by atoms with E-state index in [9.17, 15) is 0 Å². The number of ether oxygens (including phenoxy) is 1. The molecule has 0 amide bonds. The van der Waals surface area contributed by atoms with Gasteiger partial charge < -0.3 is 4.74 Å². The second-order valence-electron chi connectivity index (χ2n) is 3.79. The minimum Gasteiger partial charge on any atom is -0.456 e. The first-order valence-electron chi connectivity index (χ1n) is 5.24. The number of nitriles is 1. The summed E-state index contributed by atoms with van der Waals surface area (Å²) in [4.78, 5) is 0. The lowest BCUT2D eigenvalue weighted by atomic mass is 10.1. The average Bonchev–Trinajstić information content (AvgIpc) is 2.34. The summed E-state index contributed by atoms with van der Waals surface area (Å²) in [5.41, 5.74) is 1.50. The lowest BCUT2D eigenvalue weighted by Crippen LogP contribution is -1.89. The van der Waals surface area contributed by atoms with Crippen molar-refractivity contribution in [3.63, 3.8) is 0 Å². The summed E-state index contributed by atoms with van der Waals surface area (Å²) < 4.78 is 5.65. The highest BCUT2D eigenvalue weighted by Crippen LogP contribution is 2.31. The summed E-state index contributed by atoms with van der Waals surface area (Å²) in [5.74, 6) is 1.06. The number of hydrogen-bond acceptors (Lipinski definition) is 2. The molecule has 2 aromatic carbocycles. The van der Waals surface area contributed by atoms with Crippen LogP contribution in [0.15, 0.2) is 36.4 Å². The first-order chi connectivity index (χ1) is 8.60. The van der Waals surface area contributed by atoms with Crippen LogP contribution in [-0.2, 0) is 0 Å². The van der Waals surface area contributed by atoms with Crippen molar-refractivity contribution in [2.45, 2.75) is 6.92 Å². The molecule has 18 heavy (non-hydrogen) atoms. The van der Waals surface area contributed by atoms with Crippen LogP contribution in [0, 0.1) is 18.3 Å². The molecule has 0 atom stereocenters. The van der Waals surface area contributed by atoms with Crippen molar-refractivity contribution in [3.8, 4) is 17.6 Å². The van der Waals surface area contributed by atoms with Crippen LogP contribution in [0.25, 0.3) is 0 Å². The van der Waals surface area contributed by atoms with Crippen LogP contribution >= 0.6 is 23.2 Å². The number of hydrogen-bond donors (Lipinski definition) is 0. The van der Waals surface area contributed by atoms with Crippen LogP contribution in [0.4, 0.5) is 0 Å². The predicted molar refractivity (Wildman–Crippen MR) is 72.4 cm³/mol. The lowest BCUT2D eigenvalue weighted by molar-refractivity contribution is 0.481. The van der Waals surface area contributed by atoms with Gasteiger partial charge in [-0.25, -0.2) is 0 Å². The molecule has 0 radical (unpaired) electrons. The average molecular weight is 278 g/mol. The Morgan fingerprint density at radius 1 is 1.06 bits per heavy atom. The van der Waals surface area contributed by atoms with E-state index in [1.54, 1.807) is 30.3 Å². The molecule has 0 aliphatic heterocycles. The van der Waals surface area contributed by atoms with Crippen molar-refractivity contribution in [1.29, 1.82) is 5.26 Å². The molecule has 2 rings (SSSR count). The molecule has 0 fully saturated rings. The molecular weight excluding hydrogens is 269 g/mol. The van der Waals surface area contributed by atoms with Crippen molar-refractivity contribution in [3.05, 3.63) is 57.6 Å². The molecule has 0 saturated heterocycles. The molecule has 2 aromatic rings. The minimum absolute atomic E-state index is 0.417. The summed E-state index contributed by atoms with van der Waals surface area (Å²) in [6.07, 6.45) is 0. The molecule has 0 N–H and O–H groups in total. The molecule has 0 unspecified atom stereocenters. The van der Waals surface area contributed by atoms with Gasteiger partial charge in [0.1, 0.15) is 17.6 Å². The van der Waals surface area contributed by atoms with Crippen molar-refractivity contribution in [2.24, 2.45) is 0 Å². The number of rotatable bonds is 2. The normalized spacial score (nSPS) is 9.89. The fourth-order valence-corrected chi connectivity index (χ4v) is 1.76. The monoisotopic (exact) mass is 277 g/mol. The van der Waals surface area contributed by atoms with Gasteiger partial charge in [-0.3, -0.25) is 0 Å².